The number of hydrogen-bond donors (Lipinski definition) is 1. The maximum Gasteiger partial charge on any atom is 0.264 e. The fraction of sp³-hybridized carbons (Fsp3) is 0.333. The van der Waals surface area contributed by atoms with Crippen molar-refractivity contribution in [2.45, 2.75) is 51.6 Å². The maximum absolute atomic E-state index is 14.0. The zero-order valence-corrected chi connectivity index (χ0v) is 24.0. The van der Waals surface area contributed by atoms with E-state index >= 15 is 0 Å². The summed E-state index contributed by atoms with van der Waals surface area (Å²) in [4.78, 5) is 28.3. The molecule has 0 saturated heterocycles. The maximum atomic E-state index is 14.0. The molecule has 3 aromatic carbocycles. The molecule has 0 radical (unpaired) electrons. The number of ether oxygens (including phenoxy) is 1. The number of carbonyl (C=O) groups excluding carboxylic acids is 2. The molecule has 208 valence electrons. The summed E-state index contributed by atoms with van der Waals surface area (Å²) in [7, 11) is -2.65. The minimum Gasteiger partial charge on any atom is -0.492 e. The van der Waals surface area contributed by atoms with E-state index in [1.54, 1.807) is 43.3 Å². The van der Waals surface area contributed by atoms with E-state index in [1.165, 1.54) is 24.1 Å². The molecule has 0 saturated carbocycles. The van der Waals surface area contributed by atoms with Crippen molar-refractivity contribution in [3.63, 3.8) is 0 Å². The fourth-order valence-electron chi connectivity index (χ4n) is 4.27. The second-order valence-electron chi connectivity index (χ2n) is 9.27. The van der Waals surface area contributed by atoms with Crippen LogP contribution >= 0.6 is 0 Å². The highest BCUT2D eigenvalue weighted by molar-refractivity contribution is 7.92. The Balaban J connectivity index is 2.10. The third-order valence-electron chi connectivity index (χ3n) is 6.43. The number of nitrogens with zero attached hydrogens (tertiary/aromatic N) is 2. The summed E-state index contributed by atoms with van der Waals surface area (Å²) in [5.74, 6) is -0.486. The molecule has 0 aliphatic carbocycles. The van der Waals surface area contributed by atoms with Crippen molar-refractivity contribution < 1.29 is 22.7 Å². The highest BCUT2D eigenvalue weighted by Crippen LogP contribution is 2.33. The van der Waals surface area contributed by atoms with Crippen LogP contribution in [0.5, 0.6) is 5.75 Å². The topological polar surface area (TPSA) is 96.0 Å². The third-order valence-corrected chi connectivity index (χ3v) is 8.20. The molecule has 0 aliphatic rings. The molecule has 0 aliphatic heterocycles. The van der Waals surface area contributed by atoms with Crippen molar-refractivity contribution in [1.29, 1.82) is 0 Å². The lowest BCUT2D eigenvalue weighted by Crippen LogP contribution is -2.51. The molecule has 0 unspecified atom stereocenters. The van der Waals surface area contributed by atoms with Crippen LogP contribution in [0.4, 0.5) is 5.69 Å². The monoisotopic (exact) mass is 551 g/mol. The Morgan fingerprint density at radius 3 is 2.05 bits per heavy atom. The van der Waals surface area contributed by atoms with E-state index in [-0.39, 0.29) is 23.0 Å². The van der Waals surface area contributed by atoms with Crippen molar-refractivity contribution in [2.75, 3.05) is 24.5 Å². The number of aryl methyl sites for hydroxylation is 2. The van der Waals surface area contributed by atoms with Crippen LogP contribution in [0.15, 0.2) is 77.7 Å². The molecule has 3 aromatic rings. The minimum absolute atomic E-state index is 0.0515. The van der Waals surface area contributed by atoms with Gasteiger partial charge in [-0.2, -0.15) is 0 Å². The molecular formula is C30H37N3O5S. The van der Waals surface area contributed by atoms with Crippen molar-refractivity contribution in [3.8, 4) is 5.75 Å². The van der Waals surface area contributed by atoms with Crippen LogP contribution in [0.25, 0.3) is 0 Å². The van der Waals surface area contributed by atoms with Gasteiger partial charge in [-0.25, -0.2) is 8.42 Å². The van der Waals surface area contributed by atoms with Gasteiger partial charge < -0.3 is 15.0 Å². The van der Waals surface area contributed by atoms with Gasteiger partial charge >= 0.3 is 0 Å². The first-order chi connectivity index (χ1) is 18.6. The van der Waals surface area contributed by atoms with Gasteiger partial charge in [-0.05, 0) is 57.0 Å². The quantitative estimate of drug-likeness (QED) is 0.359. The Morgan fingerprint density at radius 1 is 0.897 bits per heavy atom. The van der Waals surface area contributed by atoms with Gasteiger partial charge in [-0.1, -0.05) is 66.6 Å². The summed E-state index contributed by atoms with van der Waals surface area (Å²) >= 11 is 0. The Bertz CT molecular complexity index is 1370. The normalized spacial score (nSPS) is 11.9. The molecule has 0 aromatic heterocycles. The van der Waals surface area contributed by atoms with Crippen LogP contribution in [-0.4, -0.2) is 51.4 Å². The third kappa shape index (κ3) is 7.17. The number of anilines is 1. The molecule has 1 atom stereocenters. The Hall–Kier alpha value is -3.85. The van der Waals surface area contributed by atoms with Gasteiger partial charge in [-0.15, -0.1) is 0 Å². The second kappa shape index (κ2) is 13.3. The molecule has 0 heterocycles. The number of sulfonamides is 1. The number of para-hydroxylation sites is 2. The Labute approximate surface area is 231 Å². The molecule has 0 fully saturated rings. The zero-order valence-electron chi connectivity index (χ0n) is 23.2. The van der Waals surface area contributed by atoms with Crippen LogP contribution in [0.2, 0.25) is 0 Å². The molecule has 9 heteroatoms. The van der Waals surface area contributed by atoms with E-state index in [0.717, 1.165) is 21.0 Å². The van der Waals surface area contributed by atoms with Crippen molar-refractivity contribution >= 4 is 27.5 Å². The van der Waals surface area contributed by atoms with Gasteiger partial charge in [0.05, 0.1) is 17.2 Å². The van der Waals surface area contributed by atoms with E-state index < -0.39 is 28.5 Å². The molecule has 0 bridgehead atoms. The number of carbonyl (C=O) groups is 2. The van der Waals surface area contributed by atoms with Gasteiger partial charge in [0.15, 0.2) is 0 Å². The SMILES string of the molecule is CCOc1ccccc1N(CC(=O)N(Cc1ccc(C)cc1)[C@@H](CC)C(=O)NC)S(=O)(=O)c1ccc(C)cc1. The Morgan fingerprint density at radius 2 is 1.49 bits per heavy atom. The first-order valence-electron chi connectivity index (χ1n) is 13.0. The molecule has 8 nitrogen and oxygen atoms in total. The van der Waals surface area contributed by atoms with Gasteiger partial charge in [-0.3, -0.25) is 13.9 Å². The van der Waals surface area contributed by atoms with E-state index in [4.69, 9.17) is 4.74 Å². The number of hydrogen-bond acceptors (Lipinski definition) is 5. The van der Waals surface area contributed by atoms with Crippen LogP contribution < -0.4 is 14.4 Å². The van der Waals surface area contributed by atoms with E-state index in [2.05, 4.69) is 5.32 Å². The largest absolute Gasteiger partial charge is 0.492 e. The first kappa shape index (κ1) is 29.7. The molecule has 3 rings (SSSR count). The van der Waals surface area contributed by atoms with Crippen molar-refractivity contribution in [1.82, 2.24) is 10.2 Å². The number of nitrogens with one attached hydrogen (secondary N) is 1. The number of benzene rings is 3. The molecule has 39 heavy (non-hydrogen) atoms. The summed E-state index contributed by atoms with van der Waals surface area (Å²) in [6.07, 6.45) is 0.359. The highest BCUT2D eigenvalue weighted by atomic mass is 32.2. The molecule has 1 N–H and O–H groups in total. The predicted octanol–water partition coefficient (Wildman–Crippen LogP) is 4.45. The van der Waals surface area contributed by atoms with Crippen LogP contribution in [0.1, 0.15) is 37.0 Å². The summed E-state index contributed by atoms with van der Waals surface area (Å²) in [6, 6.07) is 20.1. The van der Waals surface area contributed by atoms with Crippen LogP contribution in [0.3, 0.4) is 0 Å². The smallest absolute Gasteiger partial charge is 0.264 e. The number of amides is 2. The number of rotatable bonds is 12. The standard InChI is InChI=1S/C30H37N3O5S/c1-6-26(30(35)31-5)32(20-24-16-12-22(3)13-17-24)29(34)21-33(27-10-8-9-11-28(27)38-7-2)39(36,37)25-18-14-23(4)15-19-25/h8-19,26H,6-7,20-21H2,1-5H3,(H,31,35)/t26-/m0/s1. The minimum atomic E-state index is -4.17. The summed E-state index contributed by atoms with van der Waals surface area (Å²) in [5, 5.41) is 2.63. The van der Waals surface area contributed by atoms with Gasteiger partial charge in [0.1, 0.15) is 18.3 Å². The second-order valence-corrected chi connectivity index (χ2v) is 11.1. The lowest BCUT2D eigenvalue weighted by molar-refractivity contribution is -0.140. The van der Waals surface area contributed by atoms with E-state index in [9.17, 15) is 18.0 Å². The molecule has 2 amide bonds. The van der Waals surface area contributed by atoms with Crippen LogP contribution in [0, 0.1) is 13.8 Å². The highest BCUT2D eigenvalue weighted by Gasteiger charge is 2.34. The van der Waals surface area contributed by atoms with Crippen molar-refractivity contribution in [3.05, 3.63) is 89.5 Å². The van der Waals surface area contributed by atoms with Gasteiger partial charge in [0.25, 0.3) is 10.0 Å². The Kier molecular flexibility index (Phi) is 10.1. The lowest BCUT2D eigenvalue weighted by atomic mass is 10.1. The van der Waals surface area contributed by atoms with E-state index in [0.29, 0.717) is 18.8 Å². The van der Waals surface area contributed by atoms with Gasteiger partial charge in [0, 0.05) is 13.6 Å². The van der Waals surface area contributed by atoms with Crippen molar-refractivity contribution in [2.24, 2.45) is 0 Å². The summed E-state index contributed by atoms with van der Waals surface area (Å²) < 4.78 is 34.8. The average molecular weight is 552 g/mol. The predicted molar refractivity (Wildman–Crippen MR) is 153 cm³/mol. The summed E-state index contributed by atoms with van der Waals surface area (Å²) in [6.45, 7) is 7.41. The fourth-order valence-corrected chi connectivity index (χ4v) is 5.69. The summed E-state index contributed by atoms with van der Waals surface area (Å²) in [5.41, 5.74) is 3.06. The molecular weight excluding hydrogens is 514 g/mol. The molecule has 0 spiro atoms. The van der Waals surface area contributed by atoms with Gasteiger partial charge in [0.2, 0.25) is 11.8 Å². The number of likely N-dealkylation sites (N-methyl/N-ethyl adjacent to an activating group) is 1. The average Bonchev–Trinajstić information content (AvgIpc) is 2.93. The zero-order chi connectivity index (χ0) is 28.6. The van der Waals surface area contributed by atoms with E-state index in [1.807, 2.05) is 45.0 Å². The van der Waals surface area contributed by atoms with Crippen LogP contribution in [-0.2, 0) is 26.2 Å². The lowest BCUT2D eigenvalue weighted by Gasteiger charge is -2.33. The first-order valence-corrected chi connectivity index (χ1v) is 14.4.